The van der Waals surface area contributed by atoms with Crippen molar-refractivity contribution in [1.82, 2.24) is 0 Å². The fourth-order valence-electron chi connectivity index (χ4n) is 5.05. The highest BCUT2D eigenvalue weighted by Crippen LogP contribution is 2.63. The minimum absolute atomic E-state index is 0.216. The van der Waals surface area contributed by atoms with Gasteiger partial charge < -0.3 is 0 Å². The van der Waals surface area contributed by atoms with Gasteiger partial charge in [0.2, 0.25) is 0 Å². The Morgan fingerprint density at radius 2 is 1.16 bits per heavy atom. The smallest absolute Gasteiger partial charge is 0.0798 e. The Labute approximate surface area is 147 Å². The Balaban J connectivity index is 1.88. The molecule has 6 rings (SSSR count). The van der Waals surface area contributed by atoms with E-state index in [-0.39, 0.29) is 5.41 Å². The number of allylic oxidation sites excluding steroid dienone is 3. The first-order chi connectivity index (χ1) is 12.4. The maximum absolute atomic E-state index is 3.67. The van der Waals surface area contributed by atoms with Crippen LogP contribution in [0.3, 0.4) is 0 Å². The maximum atomic E-state index is 3.67. The van der Waals surface area contributed by atoms with Crippen molar-refractivity contribution in [2.75, 3.05) is 0 Å². The second-order valence-corrected chi connectivity index (χ2v) is 6.96. The molecule has 0 fully saturated rings. The van der Waals surface area contributed by atoms with Crippen LogP contribution in [0.5, 0.6) is 0 Å². The van der Waals surface area contributed by atoms with Crippen LogP contribution in [0.4, 0.5) is 0 Å². The molecule has 0 amide bonds. The van der Waals surface area contributed by atoms with Crippen LogP contribution in [0.2, 0.25) is 0 Å². The quantitative estimate of drug-likeness (QED) is 0.454. The predicted molar refractivity (Wildman–Crippen MR) is 102 cm³/mol. The Bertz CT molecular complexity index is 1100. The molecule has 25 heavy (non-hydrogen) atoms. The first-order valence-electron chi connectivity index (χ1n) is 8.88. The lowest BCUT2D eigenvalue weighted by Gasteiger charge is -2.30. The lowest BCUT2D eigenvalue weighted by molar-refractivity contribution is 0.795. The second kappa shape index (κ2) is 4.51. The molecule has 0 aromatic heterocycles. The van der Waals surface area contributed by atoms with Gasteiger partial charge >= 0.3 is 0 Å². The molecule has 0 radical (unpaired) electrons. The van der Waals surface area contributed by atoms with E-state index in [1.54, 1.807) is 0 Å². The predicted octanol–water partition coefficient (Wildman–Crippen LogP) is 5.88. The number of fused-ring (bicyclic) bond motifs is 10. The second-order valence-electron chi connectivity index (χ2n) is 6.96. The third-order valence-electron chi connectivity index (χ3n) is 5.90. The molecule has 0 heteroatoms. The zero-order valence-corrected chi connectivity index (χ0v) is 13.8. The van der Waals surface area contributed by atoms with Gasteiger partial charge in [-0.1, -0.05) is 78.9 Å². The molecule has 3 aliphatic rings. The first kappa shape index (κ1) is 13.2. The van der Waals surface area contributed by atoms with Gasteiger partial charge in [-0.25, -0.2) is 0 Å². The molecule has 0 nitrogen and oxygen atoms in total. The van der Waals surface area contributed by atoms with Crippen LogP contribution < -0.4 is 0 Å². The molecule has 0 aliphatic heterocycles. The van der Waals surface area contributed by atoms with Crippen LogP contribution in [0.15, 0.2) is 96.3 Å². The molecule has 0 bridgehead atoms. The SMILES string of the molecule is C1=CCC=C2C=1C1(c3ccccc32)c2ccccc2-c2ccccc21. The van der Waals surface area contributed by atoms with Gasteiger partial charge in [0.15, 0.2) is 0 Å². The van der Waals surface area contributed by atoms with Crippen LogP contribution in [0.25, 0.3) is 16.7 Å². The highest BCUT2D eigenvalue weighted by molar-refractivity contribution is 6.00. The zero-order valence-electron chi connectivity index (χ0n) is 13.8. The summed E-state index contributed by atoms with van der Waals surface area (Å²) in [5.41, 5.74) is 14.4. The molecule has 116 valence electrons. The maximum Gasteiger partial charge on any atom is 0.0798 e. The number of hydrogen-bond donors (Lipinski definition) is 0. The minimum atomic E-state index is -0.216. The topological polar surface area (TPSA) is 0 Å². The standard InChI is InChI=1S/C25H16/c1-5-13-21-17(9-1)18-10-2-6-14-22(18)25(21)23-15-7-3-11-19(23)20-12-4-8-16-24(20)25/h1-3,5-15H,4H2. The number of hydrogen-bond acceptors (Lipinski definition) is 0. The third kappa shape index (κ3) is 1.41. The molecule has 3 aromatic carbocycles. The summed E-state index contributed by atoms with van der Waals surface area (Å²) in [6.45, 7) is 0. The van der Waals surface area contributed by atoms with E-state index in [0.717, 1.165) is 6.42 Å². The van der Waals surface area contributed by atoms with Crippen molar-refractivity contribution in [1.29, 1.82) is 0 Å². The Hall–Kier alpha value is -3.08. The van der Waals surface area contributed by atoms with E-state index in [1.807, 2.05) is 0 Å². The van der Waals surface area contributed by atoms with Crippen LogP contribution >= 0.6 is 0 Å². The van der Waals surface area contributed by atoms with Crippen LogP contribution in [0, 0.1) is 0 Å². The van der Waals surface area contributed by atoms with Crippen molar-refractivity contribution in [3.8, 4) is 11.1 Å². The fourth-order valence-corrected chi connectivity index (χ4v) is 5.05. The summed E-state index contributed by atoms with van der Waals surface area (Å²) in [5.74, 6) is 0. The van der Waals surface area contributed by atoms with Gasteiger partial charge in [-0.05, 0) is 51.5 Å². The van der Waals surface area contributed by atoms with Gasteiger partial charge in [0.05, 0.1) is 5.41 Å². The van der Waals surface area contributed by atoms with Crippen LogP contribution in [-0.4, -0.2) is 0 Å². The third-order valence-corrected chi connectivity index (χ3v) is 5.90. The summed E-state index contributed by atoms with van der Waals surface area (Å²) < 4.78 is 0. The molecule has 0 atom stereocenters. The highest BCUT2D eigenvalue weighted by Gasteiger charge is 2.53. The van der Waals surface area contributed by atoms with Crippen molar-refractivity contribution < 1.29 is 0 Å². The number of rotatable bonds is 0. The van der Waals surface area contributed by atoms with E-state index in [4.69, 9.17) is 0 Å². The lowest BCUT2D eigenvalue weighted by Crippen LogP contribution is -2.25. The molecule has 0 heterocycles. The summed E-state index contributed by atoms with van der Waals surface area (Å²) >= 11 is 0. The summed E-state index contributed by atoms with van der Waals surface area (Å²) in [4.78, 5) is 0. The van der Waals surface area contributed by atoms with E-state index in [9.17, 15) is 0 Å². The highest BCUT2D eigenvalue weighted by atomic mass is 14.5. The Kier molecular flexibility index (Phi) is 2.39. The number of benzene rings is 3. The normalized spacial score (nSPS) is 17.4. The average molecular weight is 316 g/mol. The molecule has 0 saturated carbocycles. The molecule has 0 saturated heterocycles. The monoisotopic (exact) mass is 316 g/mol. The van der Waals surface area contributed by atoms with Gasteiger partial charge in [0, 0.05) is 5.57 Å². The summed E-state index contributed by atoms with van der Waals surface area (Å²) in [6.07, 6.45) is 5.51. The summed E-state index contributed by atoms with van der Waals surface area (Å²) in [6, 6.07) is 26.7. The molecule has 0 N–H and O–H groups in total. The van der Waals surface area contributed by atoms with Crippen molar-refractivity contribution in [2.24, 2.45) is 0 Å². The van der Waals surface area contributed by atoms with Gasteiger partial charge in [-0.2, -0.15) is 0 Å². The van der Waals surface area contributed by atoms with Crippen LogP contribution in [-0.2, 0) is 5.41 Å². The summed E-state index contributed by atoms with van der Waals surface area (Å²) in [7, 11) is 0. The lowest BCUT2D eigenvalue weighted by atomic mass is 9.70. The van der Waals surface area contributed by atoms with Gasteiger partial charge in [-0.15, -0.1) is 5.73 Å². The molecule has 3 aromatic rings. The van der Waals surface area contributed by atoms with E-state index >= 15 is 0 Å². The minimum Gasteiger partial charge on any atom is -0.119 e. The van der Waals surface area contributed by atoms with Crippen molar-refractivity contribution in [3.63, 3.8) is 0 Å². The van der Waals surface area contributed by atoms with E-state index in [1.165, 1.54) is 44.5 Å². The van der Waals surface area contributed by atoms with Crippen molar-refractivity contribution in [3.05, 3.63) is 119 Å². The van der Waals surface area contributed by atoms with E-state index in [2.05, 4.69) is 90.7 Å². The van der Waals surface area contributed by atoms with Crippen molar-refractivity contribution in [2.45, 2.75) is 11.8 Å². The average Bonchev–Trinajstić information content (AvgIpc) is 3.16. The Morgan fingerprint density at radius 3 is 1.80 bits per heavy atom. The van der Waals surface area contributed by atoms with Gasteiger partial charge in [-0.3, -0.25) is 0 Å². The van der Waals surface area contributed by atoms with Crippen LogP contribution in [0.1, 0.15) is 28.7 Å². The van der Waals surface area contributed by atoms with E-state index in [0.29, 0.717) is 0 Å². The van der Waals surface area contributed by atoms with Gasteiger partial charge in [0.1, 0.15) is 0 Å². The molecule has 0 unspecified atom stereocenters. The van der Waals surface area contributed by atoms with E-state index < -0.39 is 0 Å². The molecular weight excluding hydrogens is 300 g/mol. The molecule has 3 aliphatic carbocycles. The summed E-state index contributed by atoms with van der Waals surface area (Å²) in [5, 5.41) is 0. The molecule has 1 spiro atoms. The fraction of sp³-hybridized carbons (Fsp3) is 0.0800. The first-order valence-corrected chi connectivity index (χ1v) is 8.88. The zero-order chi connectivity index (χ0) is 16.4. The largest absolute Gasteiger partial charge is 0.119 e. The van der Waals surface area contributed by atoms with Crippen molar-refractivity contribution >= 4 is 5.57 Å². The Morgan fingerprint density at radius 1 is 0.640 bits per heavy atom. The van der Waals surface area contributed by atoms with Gasteiger partial charge in [0.25, 0.3) is 0 Å². The molecular formula is C25H16.